The van der Waals surface area contributed by atoms with Gasteiger partial charge >= 0.3 is 0 Å². The molecule has 0 bridgehead atoms. The molecule has 5 heteroatoms. The van der Waals surface area contributed by atoms with E-state index in [1.54, 1.807) is 0 Å². The molecule has 1 heterocycles. The van der Waals surface area contributed by atoms with Gasteiger partial charge < -0.3 is 11.1 Å². The Hall–Kier alpha value is -1.10. The molecule has 0 saturated carbocycles. The van der Waals surface area contributed by atoms with Crippen LogP contribution in [-0.4, -0.2) is 42.4 Å². The van der Waals surface area contributed by atoms with Crippen LogP contribution in [0.5, 0.6) is 0 Å². The number of carbonyl (C=O) groups is 2. The first kappa shape index (κ1) is 16.0. The number of carbonyl (C=O) groups excluding carboxylic acids is 2. The van der Waals surface area contributed by atoms with Crippen LogP contribution in [0.15, 0.2) is 0 Å². The van der Waals surface area contributed by atoms with Gasteiger partial charge in [-0.15, -0.1) is 0 Å². The fourth-order valence-corrected chi connectivity index (χ4v) is 2.49. The first-order chi connectivity index (χ1) is 9.04. The maximum Gasteiger partial charge on any atom is 0.224 e. The van der Waals surface area contributed by atoms with E-state index in [9.17, 15) is 9.59 Å². The number of piperidine rings is 1. The highest BCUT2D eigenvalue weighted by Crippen LogP contribution is 2.22. The minimum absolute atomic E-state index is 0.0564. The number of likely N-dealkylation sites (tertiary alicyclic amines) is 1. The van der Waals surface area contributed by atoms with E-state index in [0.717, 1.165) is 38.8 Å². The monoisotopic (exact) mass is 269 g/mol. The van der Waals surface area contributed by atoms with Gasteiger partial charge in [-0.3, -0.25) is 14.5 Å². The van der Waals surface area contributed by atoms with Crippen LogP contribution in [0.2, 0.25) is 0 Å². The Labute approximate surface area is 115 Å². The molecule has 0 aliphatic carbocycles. The quantitative estimate of drug-likeness (QED) is 0.674. The van der Waals surface area contributed by atoms with E-state index in [1.807, 2.05) is 0 Å². The Morgan fingerprint density at radius 1 is 1.37 bits per heavy atom. The molecule has 1 aliphatic heterocycles. The van der Waals surface area contributed by atoms with Gasteiger partial charge in [-0.05, 0) is 26.2 Å². The number of nitrogens with two attached hydrogens (primary N) is 1. The molecule has 0 radical (unpaired) electrons. The second-order valence-corrected chi connectivity index (χ2v) is 5.48. The minimum Gasteiger partial charge on any atom is -0.370 e. The number of unbranched alkanes of at least 4 members (excludes halogenated alkanes) is 1. The van der Waals surface area contributed by atoms with Gasteiger partial charge in [0.2, 0.25) is 11.8 Å². The average molecular weight is 269 g/mol. The summed E-state index contributed by atoms with van der Waals surface area (Å²) in [5, 5.41) is 3.00. The third-order valence-corrected chi connectivity index (χ3v) is 3.86. The SMILES string of the molecule is CCCCNC(=O)C1CCC(C)N(CCC(N)=O)C1. The molecule has 0 aromatic heterocycles. The molecule has 2 atom stereocenters. The zero-order chi connectivity index (χ0) is 14.3. The highest BCUT2D eigenvalue weighted by atomic mass is 16.2. The zero-order valence-electron chi connectivity index (χ0n) is 12.2. The fraction of sp³-hybridized carbons (Fsp3) is 0.857. The summed E-state index contributed by atoms with van der Waals surface area (Å²) in [5.41, 5.74) is 5.19. The number of amides is 2. The second-order valence-electron chi connectivity index (χ2n) is 5.48. The van der Waals surface area contributed by atoms with Crippen molar-refractivity contribution in [1.29, 1.82) is 0 Å². The maximum atomic E-state index is 12.0. The molecule has 2 unspecified atom stereocenters. The van der Waals surface area contributed by atoms with Crippen molar-refractivity contribution in [2.75, 3.05) is 19.6 Å². The zero-order valence-corrected chi connectivity index (χ0v) is 12.2. The van der Waals surface area contributed by atoms with Crippen molar-refractivity contribution < 1.29 is 9.59 Å². The number of hydrogen-bond acceptors (Lipinski definition) is 3. The minimum atomic E-state index is -0.276. The molecular formula is C14H27N3O2. The molecule has 3 N–H and O–H groups in total. The highest BCUT2D eigenvalue weighted by molar-refractivity contribution is 5.79. The molecule has 2 amide bonds. The maximum absolute atomic E-state index is 12.0. The Morgan fingerprint density at radius 3 is 2.74 bits per heavy atom. The smallest absolute Gasteiger partial charge is 0.224 e. The Morgan fingerprint density at radius 2 is 2.11 bits per heavy atom. The summed E-state index contributed by atoms with van der Waals surface area (Å²) in [6.45, 7) is 6.43. The lowest BCUT2D eigenvalue weighted by Crippen LogP contribution is -2.47. The molecule has 0 spiro atoms. The van der Waals surface area contributed by atoms with Crippen molar-refractivity contribution in [1.82, 2.24) is 10.2 Å². The molecular weight excluding hydrogens is 242 g/mol. The molecule has 1 rings (SSSR count). The van der Waals surface area contributed by atoms with Gasteiger partial charge in [-0.2, -0.15) is 0 Å². The summed E-state index contributed by atoms with van der Waals surface area (Å²) < 4.78 is 0. The predicted molar refractivity (Wildman–Crippen MR) is 75.5 cm³/mol. The lowest BCUT2D eigenvalue weighted by atomic mass is 9.92. The van der Waals surface area contributed by atoms with Crippen LogP contribution in [0, 0.1) is 5.92 Å². The lowest BCUT2D eigenvalue weighted by Gasteiger charge is -2.37. The first-order valence-electron chi connectivity index (χ1n) is 7.34. The standard InChI is InChI=1S/C14H27N3O2/c1-3-4-8-16-14(19)12-6-5-11(2)17(10-12)9-7-13(15)18/h11-12H,3-10H2,1-2H3,(H2,15,18)(H,16,19). The van der Waals surface area contributed by atoms with Crippen molar-refractivity contribution in [3.8, 4) is 0 Å². The molecule has 5 nitrogen and oxygen atoms in total. The van der Waals surface area contributed by atoms with Gasteiger partial charge in [0.15, 0.2) is 0 Å². The number of hydrogen-bond donors (Lipinski definition) is 2. The van der Waals surface area contributed by atoms with Crippen molar-refractivity contribution in [3.63, 3.8) is 0 Å². The molecule has 1 aliphatic rings. The van der Waals surface area contributed by atoms with Crippen LogP contribution in [0.25, 0.3) is 0 Å². The third kappa shape index (κ3) is 5.59. The van der Waals surface area contributed by atoms with Crippen LogP contribution in [-0.2, 0) is 9.59 Å². The predicted octanol–water partition coefficient (Wildman–Crippen LogP) is 0.879. The van der Waals surface area contributed by atoms with Crippen LogP contribution in [0.3, 0.4) is 0 Å². The number of nitrogens with one attached hydrogen (secondary N) is 1. The van der Waals surface area contributed by atoms with Gasteiger partial charge in [0, 0.05) is 32.1 Å². The van der Waals surface area contributed by atoms with Gasteiger partial charge in [-0.1, -0.05) is 13.3 Å². The van der Waals surface area contributed by atoms with Crippen molar-refractivity contribution >= 4 is 11.8 Å². The van der Waals surface area contributed by atoms with Crippen LogP contribution >= 0.6 is 0 Å². The Balaban J connectivity index is 2.39. The van der Waals surface area contributed by atoms with Crippen molar-refractivity contribution in [2.24, 2.45) is 11.7 Å². The topological polar surface area (TPSA) is 75.4 Å². The highest BCUT2D eigenvalue weighted by Gasteiger charge is 2.29. The molecule has 0 aromatic carbocycles. The summed E-state index contributed by atoms with van der Waals surface area (Å²) in [6.07, 6.45) is 4.43. The van der Waals surface area contributed by atoms with E-state index < -0.39 is 0 Å². The number of rotatable bonds is 7. The van der Waals surface area contributed by atoms with E-state index in [2.05, 4.69) is 24.1 Å². The van der Waals surface area contributed by atoms with E-state index >= 15 is 0 Å². The van der Waals surface area contributed by atoms with Crippen LogP contribution < -0.4 is 11.1 Å². The number of nitrogens with zero attached hydrogens (tertiary/aromatic N) is 1. The Bertz CT molecular complexity index is 307. The third-order valence-electron chi connectivity index (χ3n) is 3.86. The second kappa shape index (κ2) is 8.15. The van der Waals surface area contributed by atoms with Gasteiger partial charge in [-0.25, -0.2) is 0 Å². The summed E-state index contributed by atoms with van der Waals surface area (Å²) >= 11 is 0. The first-order valence-corrected chi connectivity index (χ1v) is 7.34. The fourth-order valence-electron chi connectivity index (χ4n) is 2.49. The van der Waals surface area contributed by atoms with Crippen molar-refractivity contribution in [3.05, 3.63) is 0 Å². The summed E-state index contributed by atoms with van der Waals surface area (Å²) in [4.78, 5) is 25.1. The lowest BCUT2D eigenvalue weighted by molar-refractivity contribution is -0.127. The van der Waals surface area contributed by atoms with Gasteiger partial charge in [0.25, 0.3) is 0 Å². The van der Waals surface area contributed by atoms with E-state index in [0.29, 0.717) is 19.0 Å². The van der Waals surface area contributed by atoms with E-state index in [-0.39, 0.29) is 17.7 Å². The van der Waals surface area contributed by atoms with Crippen LogP contribution in [0.4, 0.5) is 0 Å². The largest absolute Gasteiger partial charge is 0.370 e. The molecule has 1 fully saturated rings. The average Bonchev–Trinajstić information content (AvgIpc) is 2.37. The summed E-state index contributed by atoms with van der Waals surface area (Å²) in [6, 6.07) is 0.430. The molecule has 0 aromatic rings. The molecule has 110 valence electrons. The normalized spacial score (nSPS) is 24.1. The van der Waals surface area contributed by atoms with E-state index in [4.69, 9.17) is 5.73 Å². The summed E-state index contributed by atoms with van der Waals surface area (Å²) in [5.74, 6) is -0.0629. The van der Waals surface area contributed by atoms with Crippen molar-refractivity contribution in [2.45, 2.75) is 52.0 Å². The molecule has 1 saturated heterocycles. The van der Waals surface area contributed by atoms with Gasteiger partial charge in [0.1, 0.15) is 0 Å². The summed E-state index contributed by atoms with van der Waals surface area (Å²) in [7, 11) is 0. The Kier molecular flexibility index (Phi) is 6.84. The van der Waals surface area contributed by atoms with E-state index in [1.165, 1.54) is 0 Å². The number of primary amides is 1. The van der Waals surface area contributed by atoms with Gasteiger partial charge in [0.05, 0.1) is 5.92 Å². The molecule has 19 heavy (non-hydrogen) atoms. The van der Waals surface area contributed by atoms with Crippen LogP contribution in [0.1, 0.15) is 46.0 Å².